The summed E-state index contributed by atoms with van der Waals surface area (Å²) in [5.41, 5.74) is 9.64. The molecule has 1 aromatic rings. The third-order valence-corrected chi connectivity index (χ3v) is 7.38. The molecule has 3 aliphatic rings. The Morgan fingerprint density at radius 1 is 1.07 bits per heavy atom. The number of hydrogen-bond acceptors (Lipinski definition) is 4. The van der Waals surface area contributed by atoms with Crippen LogP contribution in [0.15, 0.2) is 12.1 Å². The molecule has 2 aliphatic heterocycles. The van der Waals surface area contributed by atoms with Crippen LogP contribution < -0.4 is 15.2 Å². The minimum Gasteiger partial charge on any atom is -0.493 e. The van der Waals surface area contributed by atoms with Crippen molar-refractivity contribution in [1.29, 1.82) is 0 Å². The molecule has 5 atom stereocenters. The Balaban J connectivity index is 0.00000225. The van der Waals surface area contributed by atoms with E-state index < -0.39 is 0 Å². The molecule has 1 aliphatic carbocycles. The zero-order valence-corrected chi connectivity index (χ0v) is 18.5. The Morgan fingerprint density at radius 2 is 1.75 bits per heavy atom. The van der Waals surface area contributed by atoms with Crippen molar-refractivity contribution in [1.82, 2.24) is 4.90 Å². The Labute approximate surface area is 176 Å². The topological polar surface area (TPSA) is 47.7 Å². The Hall–Kier alpha value is -0.970. The van der Waals surface area contributed by atoms with E-state index >= 15 is 0 Å². The smallest absolute Gasteiger partial charge is 0.161 e. The van der Waals surface area contributed by atoms with Crippen LogP contribution in [0.3, 0.4) is 0 Å². The quantitative estimate of drug-likeness (QED) is 0.740. The van der Waals surface area contributed by atoms with Crippen molar-refractivity contribution in [3.63, 3.8) is 0 Å². The van der Waals surface area contributed by atoms with E-state index in [0.717, 1.165) is 17.9 Å². The lowest BCUT2D eigenvalue weighted by Crippen LogP contribution is -2.56. The molecule has 0 aromatic heterocycles. The molecule has 2 N–H and O–H groups in total. The highest BCUT2D eigenvalue weighted by atomic mass is 35.5. The van der Waals surface area contributed by atoms with Gasteiger partial charge < -0.3 is 15.2 Å². The van der Waals surface area contributed by atoms with Crippen molar-refractivity contribution < 1.29 is 9.47 Å². The van der Waals surface area contributed by atoms with Gasteiger partial charge in [-0.25, -0.2) is 0 Å². The lowest BCUT2D eigenvalue weighted by atomic mass is 9.69. The first-order valence-electron chi connectivity index (χ1n) is 10.9. The van der Waals surface area contributed by atoms with E-state index in [4.69, 9.17) is 15.2 Å². The fourth-order valence-electron chi connectivity index (χ4n) is 5.95. The summed E-state index contributed by atoms with van der Waals surface area (Å²) >= 11 is 0. The molecule has 4 rings (SSSR count). The molecule has 1 saturated carbocycles. The van der Waals surface area contributed by atoms with Gasteiger partial charge in [-0.1, -0.05) is 32.6 Å². The van der Waals surface area contributed by atoms with Crippen molar-refractivity contribution >= 4 is 12.4 Å². The Bertz CT molecular complexity index is 668. The van der Waals surface area contributed by atoms with Gasteiger partial charge in [0.15, 0.2) is 11.5 Å². The molecule has 0 radical (unpaired) electrons. The summed E-state index contributed by atoms with van der Waals surface area (Å²) in [7, 11) is 3.48. The van der Waals surface area contributed by atoms with Gasteiger partial charge in [0.25, 0.3) is 0 Å². The lowest BCUT2D eigenvalue weighted by Gasteiger charge is -2.54. The number of methoxy groups -OCH3 is 2. The van der Waals surface area contributed by atoms with E-state index in [1.54, 1.807) is 14.2 Å². The zero-order valence-electron chi connectivity index (χ0n) is 17.7. The number of rotatable bonds is 5. The summed E-state index contributed by atoms with van der Waals surface area (Å²) in [6.07, 6.45) is 10.2. The first-order valence-corrected chi connectivity index (χ1v) is 10.9. The molecule has 1 saturated heterocycles. The maximum atomic E-state index is 6.70. The summed E-state index contributed by atoms with van der Waals surface area (Å²) < 4.78 is 11.3. The van der Waals surface area contributed by atoms with Crippen LogP contribution in [0.25, 0.3) is 0 Å². The van der Waals surface area contributed by atoms with Gasteiger partial charge >= 0.3 is 0 Å². The van der Waals surface area contributed by atoms with Crippen molar-refractivity contribution in [3.8, 4) is 11.5 Å². The average Bonchev–Trinajstić information content (AvgIpc) is 2.71. The predicted octanol–water partition coefficient (Wildman–Crippen LogP) is 5.05. The van der Waals surface area contributed by atoms with Crippen LogP contribution in [0.5, 0.6) is 11.5 Å². The van der Waals surface area contributed by atoms with E-state index in [0.29, 0.717) is 30.0 Å². The van der Waals surface area contributed by atoms with Gasteiger partial charge in [0.2, 0.25) is 0 Å². The second-order valence-corrected chi connectivity index (χ2v) is 8.81. The molecule has 0 spiro atoms. The van der Waals surface area contributed by atoms with E-state index in [-0.39, 0.29) is 12.4 Å². The Kier molecular flexibility index (Phi) is 7.17. The number of unbranched alkanes of at least 4 members (excludes halogenated alkanes) is 1. The van der Waals surface area contributed by atoms with Gasteiger partial charge in [-0.05, 0) is 60.8 Å². The van der Waals surface area contributed by atoms with Crippen molar-refractivity contribution in [2.24, 2.45) is 11.7 Å². The standard InChI is InChI=1S/C23H36N2O2.ClH/c1-4-5-8-15-14-25-20-10-7-6-9-16(20)17-11-22(26-2)23(27-3)12-18(17)21(25)13-19(15)24;/h11-12,15-16,19-21H,4-10,13-14,24H2,1-3H3;1H/t15-,16+,19-,20+,21+;/m1./s1. The SMILES string of the molecule is CCCC[C@@H]1CN2[C@@H](C[C@H]1N)c1cc(OC)c(OC)cc1[C@@H]1CCCC[C@@H]12.Cl. The normalized spacial score (nSPS) is 31.8. The van der Waals surface area contributed by atoms with Gasteiger partial charge in [0.1, 0.15) is 0 Å². The molecular weight excluding hydrogens is 372 g/mol. The van der Waals surface area contributed by atoms with E-state index in [1.165, 1.54) is 62.6 Å². The summed E-state index contributed by atoms with van der Waals surface area (Å²) in [4.78, 5) is 2.84. The van der Waals surface area contributed by atoms with Gasteiger partial charge in [0, 0.05) is 24.7 Å². The summed E-state index contributed by atoms with van der Waals surface area (Å²) in [5.74, 6) is 3.00. The van der Waals surface area contributed by atoms with Gasteiger partial charge in [-0.2, -0.15) is 0 Å². The molecule has 0 unspecified atom stereocenters. The highest BCUT2D eigenvalue weighted by Crippen LogP contribution is 2.52. The van der Waals surface area contributed by atoms with Crippen LogP contribution in [0.1, 0.15) is 81.4 Å². The number of nitrogens with zero attached hydrogens (tertiary/aromatic N) is 1. The zero-order chi connectivity index (χ0) is 19.0. The first kappa shape index (κ1) is 21.7. The minimum absolute atomic E-state index is 0. The molecule has 5 heteroatoms. The molecular formula is C23H37ClN2O2. The highest BCUT2D eigenvalue weighted by Gasteiger charge is 2.46. The van der Waals surface area contributed by atoms with Crippen molar-refractivity contribution in [2.45, 2.75) is 82.3 Å². The maximum Gasteiger partial charge on any atom is 0.161 e. The van der Waals surface area contributed by atoms with Gasteiger partial charge in [-0.3, -0.25) is 4.90 Å². The van der Waals surface area contributed by atoms with Gasteiger partial charge in [-0.15, -0.1) is 12.4 Å². The van der Waals surface area contributed by atoms with Crippen LogP contribution in [0.4, 0.5) is 0 Å². The third-order valence-electron chi connectivity index (χ3n) is 7.38. The van der Waals surface area contributed by atoms with Crippen LogP contribution in [-0.2, 0) is 0 Å². The fraction of sp³-hybridized carbons (Fsp3) is 0.739. The minimum atomic E-state index is 0. The van der Waals surface area contributed by atoms with Crippen molar-refractivity contribution in [2.75, 3.05) is 20.8 Å². The summed E-state index contributed by atoms with van der Waals surface area (Å²) in [6, 6.07) is 5.93. The van der Waals surface area contributed by atoms with E-state index in [2.05, 4.69) is 24.0 Å². The molecule has 1 aromatic carbocycles. The van der Waals surface area contributed by atoms with Crippen molar-refractivity contribution in [3.05, 3.63) is 23.3 Å². The molecule has 2 fully saturated rings. The van der Waals surface area contributed by atoms with Crippen LogP contribution in [0.2, 0.25) is 0 Å². The lowest BCUT2D eigenvalue weighted by molar-refractivity contribution is 0.00839. The molecule has 2 heterocycles. The summed E-state index contributed by atoms with van der Waals surface area (Å²) in [5, 5.41) is 0. The number of ether oxygens (including phenoxy) is 2. The predicted molar refractivity (Wildman–Crippen MR) is 117 cm³/mol. The highest BCUT2D eigenvalue weighted by molar-refractivity contribution is 5.85. The van der Waals surface area contributed by atoms with E-state index in [9.17, 15) is 0 Å². The number of benzene rings is 1. The number of piperidine rings is 1. The number of nitrogens with two attached hydrogens (primary N) is 1. The third kappa shape index (κ3) is 3.76. The van der Waals surface area contributed by atoms with Crippen LogP contribution in [0, 0.1) is 5.92 Å². The maximum absolute atomic E-state index is 6.70. The molecule has 0 bridgehead atoms. The molecule has 28 heavy (non-hydrogen) atoms. The average molecular weight is 409 g/mol. The second kappa shape index (κ2) is 9.23. The first-order chi connectivity index (χ1) is 13.2. The monoisotopic (exact) mass is 408 g/mol. The molecule has 0 amide bonds. The van der Waals surface area contributed by atoms with Crippen LogP contribution >= 0.6 is 12.4 Å². The second-order valence-electron chi connectivity index (χ2n) is 8.81. The van der Waals surface area contributed by atoms with Crippen LogP contribution in [-0.4, -0.2) is 37.7 Å². The number of hydrogen-bond donors (Lipinski definition) is 1. The number of fused-ring (bicyclic) bond motifs is 6. The largest absolute Gasteiger partial charge is 0.493 e. The number of halogens is 1. The fourth-order valence-corrected chi connectivity index (χ4v) is 5.95. The molecule has 158 valence electrons. The summed E-state index contributed by atoms with van der Waals surface area (Å²) in [6.45, 7) is 3.45. The molecule has 4 nitrogen and oxygen atoms in total. The van der Waals surface area contributed by atoms with Gasteiger partial charge in [0.05, 0.1) is 14.2 Å². The van der Waals surface area contributed by atoms with E-state index in [1.807, 2.05) is 0 Å². The Morgan fingerprint density at radius 3 is 2.43 bits per heavy atom.